The summed E-state index contributed by atoms with van der Waals surface area (Å²) in [7, 11) is 5.54. The summed E-state index contributed by atoms with van der Waals surface area (Å²) in [4.78, 5) is 113. The molecule has 33 heteroatoms. The van der Waals surface area contributed by atoms with Crippen LogP contribution in [0.1, 0.15) is 170 Å². The van der Waals surface area contributed by atoms with Crippen molar-refractivity contribution in [2.75, 3.05) is 0 Å². The highest BCUT2D eigenvalue weighted by molar-refractivity contribution is 6.32. The van der Waals surface area contributed by atoms with Gasteiger partial charge in [-0.05, 0) is 194 Å². The average molecular weight is 1570 g/mol. The Bertz CT molecular complexity index is 4990. The number of benzene rings is 3. The fraction of sp³-hybridized carbons (Fsp3) is 0.423. The van der Waals surface area contributed by atoms with Crippen LogP contribution in [0.2, 0.25) is 15.1 Å². The van der Waals surface area contributed by atoms with Gasteiger partial charge in [-0.3, -0.25) is 28.4 Å². The maximum atomic E-state index is 13.3. The van der Waals surface area contributed by atoms with E-state index in [-0.39, 0.29) is 54.0 Å². The van der Waals surface area contributed by atoms with Crippen LogP contribution in [0, 0.1) is 0 Å². The molecule has 0 saturated heterocycles. The number of fused-ring (bicyclic) bond motifs is 6. The van der Waals surface area contributed by atoms with E-state index >= 15 is 0 Å². The van der Waals surface area contributed by atoms with Crippen molar-refractivity contribution >= 4 is 137 Å². The number of nitrogens with one attached hydrogen (secondary N) is 9. The van der Waals surface area contributed by atoms with Crippen molar-refractivity contribution in [3.05, 3.63) is 124 Å². The third-order valence-electron chi connectivity index (χ3n) is 19.2. The molecular formula is C78H90Cl3N21O9. The molecule has 2 unspecified atom stereocenters. The zero-order valence-electron chi connectivity index (χ0n) is 63.8. The van der Waals surface area contributed by atoms with Crippen molar-refractivity contribution in [2.45, 2.75) is 192 Å². The van der Waals surface area contributed by atoms with Crippen molar-refractivity contribution in [3.8, 4) is 34.2 Å². The van der Waals surface area contributed by atoms with Gasteiger partial charge < -0.3 is 61.1 Å². The number of carbonyl (C=O) groups is 6. The van der Waals surface area contributed by atoms with Crippen LogP contribution in [0.3, 0.4) is 0 Å². The molecule has 3 aliphatic carbocycles. The monoisotopic (exact) mass is 1570 g/mol. The lowest BCUT2D eigenvalue weighted by atomic mass is 9.91. The molecule has 582 valence electrons. The third-order valence-corrected chi connectivity index (χ3v) is 19.9. The molecule has 6 amide bonds. The third kappa shape index (κ3) is 18.7. The van der Waals surface area contributed by atoms with Gasteiger partial charge in [0.15, 0.2) is 16.9 Å². The number of hydrogen-bond donors (Lipinski definition) is 9. The Hall–Kier alpha value is -11.0. The van der Waals surface area contributed by atoms with Gasteiger partial charge in [-0.1, -0.05) is 34.8 Å². The maximum absolute atomic E-state index is 13.3. The molecule has 30 nitrogen and oxygen atoms in total. The van der Waals surface area contributed by atoms with E-state index in [0.29, 0.717) is 119 Å². The van der Waals surface area contributed by atoms with Gasteiger partial charge >= 0.3 is 18.3 Å². The molecule has 111 heavy (non-hydrogen) atoms. The number of ether oxygens (including phenoxy) is 3. The van der Waals surface area contributed by atoms with Crippen molar-refractivity contribution < 1.29 is 43.0 Å². The quantitative estimate of drug-likeness (QED) is 0.0513. The predicted molar refractivity (Wildman–Crippen MR) is 424 cm³/mol. The van der Waals surface area contributed by atoms with Gasteiger partial charge in [0.2, 0.25) is 0 Å². The SMILES string of the molecule is Cn1nc(-c2cnc3[nH]cc(C(=O)NC4CCCC(NC(=O)OC(C)(C)C)C4)c3n2)c2ccc(Cl)cc21.Cn1nc(-c2cnc3[nH]cc(C(=O)N[C@@H]4CCC[C@@H](NC(=O)OC(C)(C)C)C4)c3n2)c2ccc(Cl)cc21.Cn1nc(-c2cnc3[nH]cc(C(=O)N[C@@H]4CCC[C@H](NC(=O)OC(C)(C)C)C4)c3n2)c2ccc(Cl)cc21. The summed E-state index contributed by atoms with van der Waals surface area (Å²) in [6.07, 6.45) is 18.1. The normalized spacial score (nSPS) is 18.2. The van der Waals surface area contributed by atoms with E-state index in [0.717, 1.165) is 90.5 Å². The number of aromatic nitrogens is 15. The number of nitrogens with zero attached hydrogens (tertiary/aromatic N) is 12. The zero-order valence-corrected chi connectivity index (χ0v) is 66.1. The molecule has 0 bridgehead atoms. The Labute approximate surface area is 653 Å². The highest BCUT2D eigenvalue weighted by atomic mass is 35.5. The molecule has 3 aliphatic rings. The topological polar surface area (TPSA) is 380 Å². The smallest absolute Gasteiger partial charge is 0.407 e. The second-order valence-electron chi connectivity index (χ2n) is 31.4. The van der Waals surface area contributed by atoms with Crippen LogP contribution >= 0.6 is 34.8 Å². The molecular weight excluding hydrogens is 1480 g/mol. The van der Waals surface area contributed by atoms with Gasteiger partial charge in [-0.25, -0.2) is 44.3 Å². The van der Waals surface area contributed by atoms with Gasteiger partial charge in [0.25, 0.3) is 17.7 Å². The van der Waals surface area contributed by atoms with Gasteiger partial charge in [0.05, 0.1) is 51.8 Å². The first-order valence-corrected chi connectivity index (χ1v) is 38.2. The second kappa shape index (κ2) is 32.2. The highest BCUT2D eigenvalue weighted by Crippen LogP contribution is 2.35. The largest absolute Gasteiger partial charge is 0.444 e. The first-order valence-electron chi connectivity index (χ1n) is 37.0. The van der Waals surface area contributed by atoms with Crippen molar-refractivity contribution in [3.63, 3.8) is 0 Å². The van der Waals surface area contributed by atoms with Gasteiger partial charge in [0, 0.05) is 107 Å². The minimum atomic E-state index is -0.559. The Morgan fingerprint density at radius 3 is 0.901 bits per heavy atom. The zero-order chi connectivity index (χ0) is 79.0. The fourth-order valence-electron chi connectivity index (χ4n) is 14.4. The van der Waals surface area contributed by atoms with E-state index in [1.54, 1.807) is 51.2 Å². The van der Waals surface area contributed by atoms with Crippen LogP contribution in [0.15, 0.2) is 91.8 Å². The molecule has 0 aliphatic heterocycles. The number of H-pyrrole nitrogens is 3. The molecule has 9 N–H and O–H groups in total. The Morgan fingerprint density at radius 1 is 0.396 bits per heavy atom. The molecule has 9 aromatic heterocycles. The number of hydrogen-bond acceptors (Lipinski definition) is 18. The number of alkyl carbamates (subject to hydrolysis) is 3. The average Bonchev–Trinajstić information content (AvgIpc) is 1.50. The van der Waals surface area contributed by atoms with Crippen LogP contribution < -0.4 is 31.9 Å². The highest BCUT2D eigenvalue weighted by Gasteiger charge is 2.33. The van der Waals surface area contributed by atoms with E-state index in [4.69, 9.17) is 64.0 Å². The van der Waals surface area contributed by atoms with Gasteiger partial charge in [-0.15, -0.1) is 0 Å². The molecule has 3 saturated carbocycles. The van der Waals surface area contributed by atoms with Gasteiger partial charge in [-0.2, -0.15) is 15.3 Å². The number of amides is 6. The number of halogens is 3. The minimum absolute atomic E-state index is 0.0609. The van der Waals surface area contributed by atoms with E-state index in [9.17, 15) is 28.8 Å². The molecule has 12 aromatic rings. The van der Waals surface area contributed by atoms with E-state index in [1.807, 2.05) is 138 Å². The molecule has 9 heterocycles. The lowest BCUT2D eigenvalue weighted by molar-refractivity contribution is 0.0475. The summed E-state index contributed by atoms with van der Waals surface area (Å²) in [5, 5.41) is 36.5. The van der Waals surface area contributed by atoms with E-state index in [1.165, 1.54) is 0 Å². The second-order valence-corrected chi connectivity index (χ2v) is 32.7. The summed E-state index contributed by atoms with van der Waals surface area (Å²) < 4.78 is 21.4. The molecule has 15 rings (SSSR count). The molecule has 3 fully saturated rings. The Balaban J connectivity index is 0.000000146. The summed E-state index contributed by atoms with van der Waals surface area (Å²) in [6, 6.07) is 16.3. The molecule has 0 spiro atoms. The summed E-state index contributed by atoms with van der Waals surface area (Å²) in [5.41, 5.74) is 8.86. The van der Waals surface area contributed by atoms with Crippen molar-refractivity contribution in [2.24, 2.45) is 21.1 Å². The van der Waals surface area contributed by atoms with Crippen molar-refractivity contribution in [1.82, 2.24) is 106 Å². The number of aromatic amines is 3. The molecule has 3 aromatic carbocycles. The number of aryl methyl sites for hydroxylation is 3. The first-order chi connectivity index (χ1) is 52.7. The van der Waals surface area contributed by atoms with Crippen LogP contribution in [0.25, 0.3) is 100 Å². The van der Waals surface area contributed by atoms with Gasteiger partial charge in [0.1, 0.15) is 67.5 Å². The standard InChI is InChI=1S/3C26H30ClN7O3/c3*1-26(2,3)37-25(36)31-16-7-5-6-15(11-16)30-24(35)18-12-28-23-22(18)32-19(13-29-23)21-17-9-8-14(27)10-20(17)34(4)33-21/h3*8-10,12-13,15-16H,5-7,11H2,1-4H3,(H,28,29)(H,30,35)(H,31,36)/t15-,16+;15-,16-;/m11./s1. The summed E-state index contributed by atoms with van der Waals surface area (Å²) >= 11 is 18.5. The number of rotatable bonds is 12. The fourth-order valence-corrected chi connectivity index (χ4v) is 14.9. The lowest BCUT2D eigenvalue weighted by Gasteiger charge is -2.31. The van der Waals surface area contributed by atoms with Crippen LogP contribution in [0.5, 0.6) is 0 Å². The Kier molecular flexibility index (Phi) is 22.6. The predicted octanol–water partition coefficient (Wildman–Crippen LogP) is 14.2. The van der Waals surface area contributed by atoms with E-state index in [2.05, 4.69) is 77.1 Å². The lowest BCUT2D eigenvalue weighted by Crippen LogP contribution is -2.46. The van der Waals surface area contributed by atoms with E-state index < -0.39 is 35.1 Å². The van der Waals surface area contributed by atoms with Crippen LogP contribution in [0.4, 0.5) is 14.4 Å². The Morgan fingerprint density at radius 2 is 0.649 bits per heavy atom. The van der Waals surface area contributed by atoms with Crippen LogP contribution in [-0.4, -0.2) is 163 Å². The maximum Gasteiger partial charge on any atom is 0.407 e. The molecule has 6 atom stereocenters. The summed E-state index contributed by atoms with van der Waals surface area (Å²) in [6.45, 7) is 16.5. The number of carbonyl (C=O) groups excluding carboxylic acids is 6. The first kappa shape index (κ1) is 78.2. The molecule has 0 radical (unpaired) electrons. The van der Waals surface area contributed by atoms with Crippen LogP contribution in [-0.2, 0) is 35.4 Å². The minimum Gasteiger partial charge on any atom is -0.444 e. The van der Waals surface area contributed by atoms with Crippen molar-refractivity contribution in [1.29, 1.82) is 0 Å². The summed E-state index contributed by atoms with van der Waals surface area (Å²) in [5.74, 6) is -0.713.